The monoisotopic (exact) mass is 692 g/mol. The van der Waals surface area contributed by atoms with Crippen molar-refractivity contribution in [3.05, 3.63) is 89.9 Å². The molecule has 270 valence electrons. The van der Waals surface area contributed by atoms with Gasteiger partial charge in [0.05, 0.1) is 12.8 Å². The van der Waals surface area contributed by atoms with E-state index in [9.17, 15) is 14.4 Å². The van der Waals surface area contributed by atoms with Gasteiger partial charge in [0.2, 0.25) is 0 Å². The van der Waals surface area contributed by atoms with E-state index in [0.29, 0.717) is 23.3 Å². The lowest BCUT2D eigenvalue weighted by molar-refractivity contribution is -0.143. The zero-order valence-electron chi connectivity index (χ0n) is 31.5. The Kier molecular flexibility index (Phi) is 10.2. The van der Waals surface area contributed by atoms with Crippen molar-refractivity contribution in [3.8, 4) is 0 Å². The Hall–Kier alpha value is -4.79. The Bertz CT molecular complexity index is 2130. The van der Waals surface area contributed by atoms with Gasteiger partial charge in [-0.05, 0) is 105 Å². The van der Waals surface area contributed by atoms with E-state index in [1.54, 1.807) is 0 Å². The molecule has 1 saturated heterocycles. The maximum atomic E-state index is 14.3. The lowest BCUT2D eigenvalue weighted by atomic mass is 9.85. The third kappa shape index (κ3) is 6.36. The number of ether oxygens (including phenoxy) is 2. The van der Waals surface area contributed by atoms with Crippen molar-refractivity contribution < 1.29 is 23.9 Å². The van der Waals surface area contributed by atoms with Gasteiger partial charge in [0.25, 0.3) is 0 Å². The third-order valence-electron chi connectivity index (χ3n) is 11.3. The second-order valence-corrected chi connectivity index (χ2v) is 14.3. The number of allylic oxidation sites excluding steroid dienone is 3. The first-order valence-corrected chi connectivity index (χ1v) is 18.4. The molecule has 3 aromatic heterocycles. The number of methoxy groups -OCH3 is 1. The number of aromatic amines is 3. The molecule has 5 heterocycles. The Labute approximate surface area is 300 Å². The molecule has 0 amide bonds. The average Bonchev–Trinajstić information content (AvgIpc) is 3.84. The highest BCUT2D eigenvalue weighted by Gasteiger charge is 2.48. The summed E-state index contributed by atoms with van der Waals surface area (Å²) in [6.07, 6.45) is 12.8. The van der Waals surface area contributed by atoms with E-state index in [2.05, 4.69) is 87.0 Å². The first-order valence-electron chi connectivity index (χ1n) is 18.4. The van der Waals surface area contributed by atoms with E-state index in [0.717, 1.165) is 70.4 Å². The fourth-order valence-corrected chi connectivity index (χ4v) is 8.34. The Morgan fingerprint density at radius 1 is 0.863 bits per heavy atom. The van der Waals surface area contributed by atoms with E-state index in [1.807, 2.05) is 13.0 Å². The zero-order valence-corrected chi connectivity index (χ0v) is 31.5. The first kappa shape index (κ1) is 36.0. The van der Waals surface area contributed by atoms with Gasteiger partial charge in [-0.25, -0.2) is 0 Å². The number of hydrogen-bond donors (Lipinski definition) is 4. The first-order chi connectivity index (χ1) is 24.4. The highest BCUT2D eigenvalue weighted by atomic mass is 16.5. The molecule has 3 atom stereocenters. The van der Waals surface area contributed by atoms with Crippen LogP contribution in [0.2, 0.25) is 0 Å². The summed E-state index contributed by atoms with van der Waals surface area (Å²) in [5, 5.41) is 5.72. The fraction of sp³-hybridized carbons (Fsp3) is 0.452. The van der Waals surface area contributed by atoms with Crippen LogP contribution in [0, 0.1) is 38.5 Å². The summed E-state index contributed by atoms with van der Waals surface area (Å²) >= 11 is 0. The highest BCUT2D eigenvalue weighted by molar-refractivity contribution is 6.24. The molecule has 0 unspecified atom stereocenters. The zero-order chi connectivity index (χ0) is 36.7. The summed E-state index contributed by atoms with van der Waals surface area (Å²) in [6, 6.07) is 0. The molecule has 3 aromatic rings. The van der Waals surface area contributed by atoms with Crippen LogP contribution in [0.1, 0.15) is 121 Å². The minimum Gasteiger partial charge on any atom is -0.468 e. The maximum absolute atomic E-state index is 14.3. The second kappa shape index (κ2) is 14.4. The number of carbonyl (C=O) groups is 3. The molecule has 9 heteroatoms. The van der Waals surface area contributed by atoms with Crippen LogP contribution in [0.15, 0.2) is 23.0 Å². The van der Waals surface area contributed by atoms with E-state index in [4.69, 9.17) is 9.47 Å². The Morgan fingerprint density at radius 2 is 1.57 bits per heavy atom. The number of ketones is 1. The highest BCUT2D eigenvalue weighted by Crippen LogP contribution is 2.48. The minimum absolute atomic E-state index is 0.0534. The van der Waals surface area contributed by atoms with Crippen molar-refractivity contribution in [2.45, 2.75) is 93.9 Å². The molecule has 51 heavy (non-hydrogen) atoms. The number of esters is 2. The molecule has 1 aliphatic carbocycles. The third-order valence-corrected chi connectivity index (χ3v) is 11.3. The van der Waals surface area contributed by atoms with Gasteiger partial charge in [-0.15, -0.1) is 0 Å². The van der Waals surface area contributed by atoms with Gasteiger partial charge in [-0.3, -0.25) is 14.4 Å². The normalized spacial score (nSPS) is 23.2. The summed E-state index contributed by atoms with van der Waals surface area (Å²) in [5.41, 5.74) is 13.1. The van der Waals surface area contributed by atoms with Crippen molar-refractivity contribution in [1.29, 1.82) is 0 Å². The van der Waals surface area contributed by atoms with Crippen molar-refractivity contribution in [1.82, 2.24) is 20.3 Å². The van der Waals surface area contributed by atoms with Gasteiger partial charge in [0.1, 0.15) is 12.5 Å². The molecule has 3 aliphatic rings. The number of carbonyl (C=O) groups excluding carboxylic acids is 3. The van der Waals surface area contributed by atoms with Crippen molar-refractivity contribution >= 4 is 41.5 Å². The standard InChI is InChI=1S/C42H52N4O5/c1-10-13-21(4)16-17-51-35(47)15-14-28-24(7)31-18-29-22(5)26(11-2)33(43-29)19-30-23(6)27(12-3)34(44-30)20-32-25(8)36-40(46-32)37(39(28)45-31)38(41(36)48)42(49)50-9/h16,18-20,24,28,38,43-46H,10-15,17H2,1-9H3/b21-16+,30-19-,31-18-,34-20-,39-37-/t24-,28-,38+/m0/s1. The molecule has 0 radical (unpaired) electrons. The van der Waals surface area contributed by atoms with Crippen LogP contribution in [0.5, 0.6) is 0 Å². The van der Waals surface area contributed by atoms with Gasteiger partial charge >= 0.3 is 11.9 Å². The second-order valence-electron chi connectivity index (χ2n) is 14.3. The number of aromatic nitrogens is 3. The molecular formula is C42H52N4O5. The fourth-order valence-electron chi connectivity index (χ4n) is 8.34. The van der Waals surface area contributed by atoms with Gasteiger partial charge in [0.15, 0.2) is 5.78 Å². The Morgan fingerprint density at radius 3 is 2.25 bits per heavy atom. The van der Waals surface area contributed by atoms with Crippen LogP contribution in [0.25, 0.3) is 23.8 Å². The summed E-state index contributed by atoms with van der Waals surface area (Å²) in [4.78, 5) is 51.8. The van der Waals surface area contributed by atoms with Crippen molar-refractivity contribution in [2.24, 2.45) is 17.8 Å². The number of fused-ring (bicyclic) bond motifs is 7. The molecule has 6 rings (SSSR count). The summed E-state index contributed by atoms with van der Waals surface area (Å²) in [6.45, 7) is 17.1. The van der Waals surface area contributed by atoms with E-state index < -0.39 is 11.9 Å². The van der Waals surface area contributed by atoms with E-state index in [1.165, 1.54) is 34.9 Å². The number of rotatable bonds is 10. The molecule has 2 aliphatic heterocycles. The summed E-state index contributed by atoms with van der Waals surface area (Å²) in [5.74, 6) is -2.52. The number of hydrogen-bond acceptors (Lipinski definition) is 6. The smallest absolute Gasteiger partial charge is 0.321 e. The summed E-state index contributed by atoms with van der Waals surface area (Å²) in [7, 11) is 1.32. The quantitative estimate of drug-likeness (QED) is 0.111. The minimum atomic E-state index is -1.12. The molecule has 0 aromatic carbocycles. The summed E-state index contributed by atoms with van der Waals surface area (Å²) < 4.78 is 10.9. The molecule has 4 N–H and O–H groups in total. The van der Waals surface area contributed by atoms with Crippen molar-refractivity contribution in [2.75, 3.05) is 13.7 Å². The van der Waals surface area contributed by atoms with Gasteiger partial charge in [-0.2, -0.15) is 0 Å². The molecule has 8 bridgehead atoms. The SMILES string of the molecule is CCC/C(C)=C/COC(=O)CC[C@@H]1/C2=C3/c4[nH]c(c(C)c4C(=O)[C@@H]3C(=O)OC)/C=c3\[nH]/c(c(C)c3CC)=C\c3[nH]c(c(C)c3CC)/C=C(\N2)[C@H]1C. The van der Waals surface area contributed by atoms with Gasteiger partial charge in [-0.1, -0.05) is 39.7 Å². The molecule has 0 saturated carbocycles. The van der Waals surface area contributed by atoms with Gasteiger partial charge < -0.3 is 29.7 Å². The van der Waals surface area contributed by atoms with Gasteiger partial charge in [0, 0.05) is 68.6 Å². The lowest BCUT2D eigenvalue weighted by Crippen LogP contribution is -2.25. The van der Waals surface area contributed by atoms with E-state index >= 15 is 0 Å². The van der Waals surface area contributed by atoms with Crippen LogP contribution < -0.4 is 16.0 Å². The number of H-pyrrole nitrogens is 3. The number of Topliss-reactive ketones (excluding diaryl/α,β-unsaturated/α-hetero) is 1. The van der Waals surface area contributed by atoms with Crippen LogP contribution in [0.3, 0.4) is 0 Å². The topological polar surface area (TPSA) is 129 Å². The Balaban J connectivity index is 1.56. The largest absolute Gasteiger partial charge is 0.468 e. The maximum Gasteiger partial charge on any atom is 0.321 e. The molecular weight excluding hydrogens is 640 g/mol. The average molecular weight is 693 g/mol. The lowest BCUT2D eigenvalue weighted by Gasteiger charge is -2.19. The van der Waals surface area contributed by atoms with Crippen molar-refractivity contribution in [3.63, 3.8) is 0 Å². The van der Waals surface area contributed by atoms with Crippen LogP contribution in [-0.4, -0.2) is 46.4 Å². The molecule has 1 fully saturated rings. The van der Waals surface area contributed by atoms with E-state index in [-0.39, 0.29) is 36.6 Å². The predicted molar refractivity (Wildman–Crippen MR) is 201 cm³/mol. The van der Waals surface area contributed by atoms with Crippen LogP contribution in [0.4, 0.5) is 0 Å². The molecule has 9 nitrogen and oxygen atoms in total. The van der Waals surface area contributed by atoms with Crippen LogP contribution >= 0.6 is 0 Å². The number of nitrogens with one attached hydrogen (secondary N) is 4. The predicted octanol–water partition coefficient (Wildman–Crippen LogP) is 6.35. The van der Waals surface area contributed by atoms with Crippen LogP contribution in [-0.2, 0) is 31.9 Å². The molecule has 0 spiro atoms.